The van der Waals surface area contributed by atoms with Crippen LogP contribution in [0.2, 0.25) is 0 Å². The van der Waals surface area contributed by atoms with Crippen molar-refractivity contribution in [1.29, 1.82) is 0 Å². The van der Waals surface area contributed by atoms with E-state index in [0.717, 1.165) is 11.1 Å². The van der Waals surface area contributed by atoms with Crippen molar-refractivity contribution in [2.45, 2.75) is 52.4 Å². The molecule has 0 bridgehead atoms. The summed E-state index contributed by atoms with van der Waals surface area (Å²) in [6.45, 7) is 8.26. The van der Waals surface area contributed by atoms with E-state index in [0.29, 0.717) is 25.0 Å². The smallest absolute Gasteiger partial charge is 0.284 e. The molecule has 0 aliphatic carbocycles. The van der Waals surface area contributed by atoms with Gasteiger partial charge in [0.1, 0.15) is 5.57 Å². The number of allylic oxidation sites excluding steroid dienone is 1. The summed E-state index contributed by atoms with van der Waals surface area (Å²) in [5.41, 5.74) is 3.55. The van der Waals surface area contributed by atoms with Gasteiger partial charge in [-0.2, -0.15) is 0 Å². The number of aryl methyl sites for hydroxylation is 1. The summed E-state index contributed by atoms with van der Waals surface area (Å²) >= 11 is 0. The number of aliphatic hydroxyl groups is 1. The Morgan fingerprint density at radius 3 is 2.20 bits per heavy atom. The third-order valence-electron chi connectivity index (χ3n) is 5.51. The quantitative estimate of drug-likeness (QED) is 0.650. The van der Waals surface area contributed by atoms with E-state index in [4.69, 9.17) is 0 Å². The molecule has 1 heterocycles. The number of carbonyl (C=O) groups excluding carboxylic acids is 2. The first-order valence-corrected chi connectivity index (χ1v) is 10.4. The minimum atomic E-state index is -0.629. The second-order valence-electron chi connectivity index (χ2n) is 8.99. The van der Waals surface area contributed by atoms with Gasteiger partial charge < -0.3 is 5.11 Å². The SMILES string of the molecule is CC(Cc1ccc(C(C)(C)C)cc1)C(=O)C1=C(O)C(CCc2ccccc2)=NC1=O. The van der Waals surface area contributed by atoms with Crippen molar-refractivity contribution < 1.29 is 14.7 Å². The number of amides is 1. The number of aliphatic imine (C=N–C) groups is 1. The van der Waals surface area contributed by atoms with Gasteiger partial charge in [0, 0.05) is 5.92 Å². The molecule has 1 aliphatic rings. The summed E-state index contributed by atoms with van der Waals surface area (Å²) in [7, 11) is 0. The van der Waals surface area contributed by atoms with Crippen molar-refractivity contribution in [3.8, 4) is 0 Å². The lowest BCUT2D eigenvalue weighted by atomic mass is 9.85. The molecule has 0 fully saturated rings. The van der Waals surface area contributed by atoms with Gasteiger partial charge in [0.05, 0.1) is 5.71 Å². The molecule has 2 aromatic rings. The Labute approximate surface area is 178 Å². The number of rotatable bonds is 7. The van der Waals surface area contributed by atoms with E-state index in [1.54, 1.807) is 6.92 Å². The lowest BCUT2D eigenvalue weighted by Crippen LogP contribution is -2.20. The molecule has 0 aromatic heterocycles. The number of carbonyl (C=O) groups is 2. The Bertz CT molecular complexity index is 993. The van der Waals surface area contributed by atoms with Crippen molar-refractivity contribution in [1.82, 2.24) is 0 Å². The molecule has 0 radical (unpaired) electrons. The van der Waals surface area contributed by atoms with Gasteiger partial charge in [-0.3, -0.25) is 9.59 Å². The first-order valence-electron chi connectivity index (χ1n) is 10.4. The van der Waals surface area contributed by atoms with Gasteiger partial charge in [-0.1, -0.05) is 82.3 Å². The molecular formula is C26H29NO3. The summed E-state index contributed by atoms with van der Waals surface area (Å²) in [4.78, 5) is 29.2. The molecule has 1 atom stereocenters. The van der Waals surface area contributed by atoms with Crippen molar-refractivity contribution >= 4 is 17.4 Å². The Balaban J connectivity index is 1.67. The van der Waals surface area contributed by atoms with E-state index in [-0.39, 0.29) is 22.5 Å². The van der Waals surface area contributed by atoms with E-state index in [9.17, 15) is 14.7 Å². The van der Waals surface area contributed by atoms with Gasteiger partial charge >= 0.3 is 0 Å². The Hall–Kier alpha value is -3.01. The zero-order chi connectivity index (χ0) is 21.9. The molecule has 4 nitrogen and oxygen atoms in total. The van der Waals surface area contributed by atoms with Crippen LogP contribution in [0.1, 0.15) is 50.8 Å². The zero-order valence-electron chi connectivity index (χ0n) is 18.1. The number of hydrogen-bond donors (Lipinski definition) is 1. The number of hydrogen-bond acceptors (Lipinski definition) is 3. The molecule has 30 heavy (non-hydrogen) atoms. The molecule has 0 spiro atoms. The van der Waals surface area contributed by atoms with Gasteiger partial charge in [-0.05, 0) is 41.4 Å². The summed E-state index contributed by atoms with van der Waals surface area (Å²) in [6.07, 6.45) is 1.57. The highest BCUT2D eigenvalue weighted by molar-refractivity contribution is 6.31. The van der Waals surface area contributed by atoms with Crippen LogP contribution in [0.5, 0.6) is 0 Å². The van der Waals surface area contributed by atoms with E-state index in [1.807, 2.05) is 42.5 Å². The Kier molecular flexibility index (Phi) is 6.35. The zero-order valence-corrected chi connectivity index (χ0v) is 18.1. The minimum absolute atomic E-state index is 0.0698. The van der Waals surface area contributed by atoms with Crippen LogP contribution in [0.15, 0.2) is 70.9 Å². The number of Topliss-reactive ketones (excluding diaryl/α,β-unsaturated/α-hetero) is 1. The Morgan fingerprint density at radius 2 is 1.60 bits per heavy atom. The molecule has 1 amide bonds. The average molecular weight is 404 g/mol. The topological polar surface area (TPSA) is 66.7 Å². The fraction of sp³-hybridized carbons (Fsp3) is 0.346. The van der Waals surface area contributed by atoms with Crippen LogP contribution in [0.4, 0.5) is 0 Å². The summed E-state index contributed by atoms with van der Waals surface area (Å²) in [5.74, 6) is -1.66. The van der Waals surface area contributed by atoms with E-state index < -0.39 is 11.8 Å². The van der Waals surface area contributed by atoms with Crippen LogP contribution in [0.3, 0.4) is 0 Å². The van der Waals surface area contributed by atoms with Crippen molar-refractivity contribution in [3.05, 3.63) is 82.6 Å². The minimum Gasteiger partial charge on any atom is -0.505 e. The number of ketones is 1. The molecule has 2 aromatic carbocycles. The van der Waals surface area contributed by atoms with Gasteiger partial charge in [0.2, 0.25) is 0 Å². The van der Waals surface area contributed by atoms with Crippen molar-refractivity contribution in [2.75, 3.05) is 0 Å². The third kappa shape index (κ3) is 4.93. The lowest BCUT2D eigenvalue weighted by Gasteiger charge is -2.19. The normalized spacial score (nSPS) is 15.3. The van der Waals surface area contributed by atoms with Gasteiger partial charge in [-0.15, -0.1) is 0 Å². The highest BCUT2D eigenvalue weighted by atomic mass is 16.3. The van der Waals surface area contributed by atoms with Crippen LogP contribution < -0.4 is 0 Å². The largest absolute Gasteiger partial charge is 0.505 e. The first kappa shape index (κ1) is 21.7. The first-order chi connectivity index (χ1) is 14.2. The summed E-state index contributed by atoms with van der Waals surface area (Å²) in [5, 5.41) is 10.5. The summed E-state index contributed by atoms with van der Waals surface area (Å²) < 4.78 is 0. The number of aliphatic hydroxyl groups excluding tert-OH is 1. The number of nitrogens with zero attached hydrogens (tertiary/aromatic N) is 1. The summed E-state index contributed by atoms with van der Waals surface area (Å²) in [6, 6.07) is 18.0. The van der Waals surface area contributed by atoms with Gasteiger partial charge in [0.15, 0.2) is 11.5 Å². The van der Waals surface area contributed by atoms with Crippen LogP contribution in [-0.2, 0) is 27.8 Å². The van der Waals surface area contributed by atoms with E-state index in [2.05, 4.69) is 37.9 Å². The third-order valence-corrected chi connectivity index (χ3v) is 5.51. The highest BCUT2D eigenvalue weighted by Gasteiger charge is 2.33. The monoisotopic (exact) mass is 403 g/mol. The predicted molar refractivity (Wildman–Crippen MR) is 120 cm³/mol. The number of benzene rings is 2. The fourth-order valence-corrected chi connectivity index (χ4v) is 3.61. The van der Waals surface area contributed by atoms with Gasteiger partial charge in [-0.25, -0.2) is 4.99 Å². The molecule has 3 rings (SSSR count). The van der Waals surface area contributed by atoms with E-state index in [1.165, 1.54) is 5.56 Å². The molecule has 0 saturated heterocycles. The lowest BCUT2D eigenvalue weighted by molar-refractivity contribution is -0.122. The fourth-order valence-electron chi connectivity index (χ4n) is 3.61. The maximum atomic E-state index is 12.9. The molecule has 1 unspecified atom stereocenters. The second kappa shape index (κ2) is 8.78. The molecular weight excluding hydrogens is 374 g/mol. The van der Waals surface area contributed by atoms with Crippen LogP contribution in [0, 0.1) is 5.92 Å². The Morgan fingerprint density at radius 1 is 0.967 bits per heavy atom. The van der Waals surface area contributed by atoms with Crippen LogP contribution in [0.25, 0.3) is 0 Å². The average Bonchev–Trinajstić information content (AvgIpc) is 2.99. The van der Waals surface area contributed by atoms with Crippen molar-refractivity contribution in [3.63, 3.8) is 0 Å². The molecule has 156 valence electrons. The maximum absolute atomic E-state index is 12.9. The van der Waals surface area contributed by atoms with Crippen LogP contribution in [-0.4, -0.2) is 22.5 Å². The standard InChI is InChI=1S/C26H29NO3/c1-17(16-19-10-13-20(14-11-19)26(2,3)4)23(28)22-24(29)21(27-25(22)30)15-12-18-8-6-5-7-9-18/h5-11,13-14,17,29H,12,15-16H2,1-4H3. The highest BCUT2D eigenvalue weighted by Crippen LogP contribution is 2.25. The molecule has 4 heteroatoms. The molecule has 1 aliphatic heterocycles. The van der Waals surface area contributed by atoms with Gasteiger partial charge in [0.25, 0.3) is 5.91 Å². The second-order valence-corrected chi connectivity index (χ2v) is 8.99. The van der Waals surface area contributed by atoms with E-state index >= 15 is 0 Å². The van der Waals surface area contributed by atoms with Crippen LogP contribution >= 0.6 is 0 Å². The predicted octanol–water partition coefficient (Wildman–Crippen LogP) is 5.16. The molecule has 0 saturated carbocycles. The maximum Gasteiger partial charge on any atom is 0.284 e. The molecule has 1 N–H and O–H groups in total. The van der Waals surface area contributed by atoms with Crippen molar-refractivity contribution in [2.24, 2.45) is 10.9 Å².